The molecular formula is C23H19Cl2N3O4. The van der Waals surface area contributed by atoms with Crippen molar-refractivity contribution in [2.24, 2.45) is 0 Å². The number of aliphatic hydroxyl groups is 1. The van der Waals surface area contributed by atoms with Crippen molar-refractivity contribution in [3.05, 3.63) is 70.3 Å². The Balaban J connectivity index is 2.05. The molecule has 0 unspecified atom stereocenters. The molecule has 0 amide bonds. The van der Waals surface area contributed by atoms with E-state index in [0.29, 0.717) is 21.3 Å². The Morgan fingerprint density at radius 1 is 1.09 bits per heavy atom. The zero-order chi connectivity index (χ0) is 22.7. The third kappa shape index (κ3) is 4.14. The molecule has 2 aromatic carbocycles. The van der Waals surface area contributed by atoms with Crippen LogP contribution in [0.1, 0.15) is 17.3 Å². The summed E-state index contributed by atoms with van der Waals surface area (Å²) in [6.07, 6.45) is 1.64. The summed E-state index contributed by atoms with van der Waals surface area (Å²) < 4.78 is 12.3. The SMILES string of the molecule is CCOC(=O)c1c(OCCO)nn2c(-c3ccc(Cl)cc3)c(-c3ccccc3Cl)cnc12. The molecule has 9 heteroatoms. The number of aliphatic hydroxyl groups excluding tert-OH is 1. The number of carbonyl (C=O) groups is 1. The van der Waals surface area contributed by atoms with Crippen LogP contribution in [-0.4, -0.2) is 45.5 Å². The number of hydrogen-bond acceptors (Lipinski definition) is 6. The van der Waals surface area contributed by atoms with E-state index >= 15 is 0 Å². The summed E-state index contributed by atoms with van der Waals surface area (Å²) in [4.78, 5) is 17.2. The minimum atomic E-state index is -0.615. The van der Waals surface area contributed by atoms with Crippen LogP contribution >= 0.6 is 23.2 Å². The minimum absolute atomic E-state index is 0.0246. The molecule has 0 aliphatic carbocycles. The van der Waals surface area contributed by atoms with E-state index in [1.807, 2.05) is 30.3 Å². The predicted octanol–water partition coefficient (Wildman–Crippen LogP) is 4.92. The van der Waals surface area contributed by atoms with Crippen molar-refractivity contribution in [3.63, 3.8) is 0 Å². The van der Waals surface area contributed by atoms with E-state index in [4.69, 9.17) is 32.7 Å². The Hall–Kier alpha value is -3.13. The lowest BCUT2D eigenvalue weighted by molar-refractivity contribution is 0.0522. The van der Waals surface area contributed by atoms with Gasteiger partial charge in [-0.3, -0.25) is 0 Å². The molecule has 0 radical (unpaired) electrons. The Labute approximate surface area is 194 Å². The van der Waals surface area contributed by atoms with Gasteiger partial charge < -0.3 is 14.6 Å². The lowest BCUT2D eigenvalue weighted by atomic mass is 10.0. The van der Waals surface area contributed by atoms with Crippen LogP contribution < -0.4 is 4.74 Å². The maximum Gasteiger partial charge on any atom is 0.347 e. The maximum absolute atomic E-state index is 12.7. The second kappa shape index (κ2) is 9.56. The number of nitrogens with zero attached hydrogens (tertiary/aromatic N) is 3. The molecule has 1 N–H and O–H groups in total. The molecule has 0 aliphatic rings. The van der Waals surface area contributed by atoms with Gasteiger partial charge in [0.25, 0.3) is 5.88 Å². The summed E-state index contributed by atoms with van der Waals surface area (Å²) >= 11 is 12.6. The van der Waals surface area contributed by atoms with E-state index in [9.17, 15) is 9.90 Å². The topological polar surface area (TPSA) is 86.0 Å². The molecule has 2 heterocycles. The van der Waals surface area contributed by atoms with E-state index in [1.165, 1.54) is 4.52 Å². The van der Waals surface area contributed by atoms with Crippen molar-refractivity contribution >= 4 is 34.8 Å². The second-order valence-corrected chi connectivity index (χ2v) is 7.56. The first-order chi connectivity index (χ1) is 15.5. The van der Waals surface area contributed by atoms with Gasteiger partial charge in [0.05, 0.1) is 18.9 Å². The van der Waals surface area contributed by atoms with Crippen LogP contribution in [-0.2, 0) is 4.74 Å². The van der Waals surface area contributed by atoms with Crippen molar-refractivity contribution < 1.29 is 19.4 Å². The largest absolute Gasteiger partial charge is 0.473 e. The molecular weight excluding hydrogens is 453 g/mol. The monoisotopic (exact) mass is 471 g/mol. The molecule has 164 valence electrons. The zero-order valence-electron chi connectivity index (χ0n) is 17.1. The molecule has 0 aliphatic heterocycles. The highest BCUT2D eigenvalue weighted by molar-refractivity contribution is 6.33. The standard InChI is InChI=1S/C23H19Cl2N3O4/c1-2-31-23(30)19-21-26-13-17(16-5-3-4-6-18(16)25)20(14-7-9-15(24)10-8-14)28(21)27-22(19)32-12-11-29/h3-10,13,29H,2,11-12H2,1H3. The number of fused-ring (bicyclic) bond motifs is 1. The predicted molar refractivity (Wildman–Crippen MR) is 122 cm³/mol. The first kappa shape index (κ1) is 22.1. The van der Waals surface area contributed by atoms with Crippen molar-refractivity contribution in [1.82, 2.24) is 14.6 Å². The Bertz CT molecular complexity index is 1270. The number of esters is 1. The molecule has 2 aromatic heterocycles. The smallest absolute Gasteiger partial charge is 0.347 e. The summed E-state index contributed by atoms with van der Waals surface area (Å²) in [5.41, 5.74) is 3.22. The fourth-order valence-electron chi connectivity index (χ4n) is 3.35. The number of carbonyl (C=O) groups excluding carboxylic acids is 1. The van der Waals surface area contributed by atoms with E-state index in [-0.39, 0.29) is 36.9 Å². The van der Waals surface area contributed by atoms with Crippen LogP contribution in [0.15, 0.2) is 54.7 Å². The quantitative estimate of drug-likeness (QED) is 0.385. The average Bonchev–Trinajstić information content (AvgIpc) is 3.17. The summed E-state index contributed by atoms with van der Waals surface area (Å²) in [7, 11) is 0. The molecule has 0 fully saturated rings. The summed E-state index contributed by atoms with van der Waals surface area (Å²) in [5.74, 6) is -0.591. The van der Waals surface area contributed by atoms with Gasteiger partial charge in [-0.1, -0.05) is 53.5 Å². The van der Waals surface area contributed by atoms with Gasteiger partial charge in [-0.2, -0.15) is 0 Å². The molecule has 0 atom stereocenters. The fourth-order valence-corrected chi connectivity index (χ4v) is 3.72. The molecule has 4 aromatic rings. The minimum Gasteiger partial charge on any atom is -0.473 e. The van der Waals surface area contributed by atoms with Gasteiger partial charge in [0.15, 0.2) is 11.2 Å². The Kier molecular flexibility index (Phi) is 6.60. The number of hydrogen-bond donors (Lipinski definition) is 1. The van der Waals surface area contributed by atoms with Crippen LogP contribution in [0.2, 0.25) is 10.0 Å². The lowest BCUT2D eigenvalue weighted by Gasteiger charge is -2.13. The van der Waals surface area contributed by atoms with E-state index in [2.05, 4.69) is 10.1 Å². The molecule has 4 rings (SSSR count). The average molecular weight is 472 g/mol. The third-order valence-electron chi connectivity index (χ3n) is 4.70. The van der Waals surface area contributed by atoms with E-state index < -0.39 is 5.97 Å². The van der Waals surface area contributed by atoms with Crippen molar-refractivity contribution in [3.8, 4) is 28.3 Å². The van der Waals surface area contributed by atoms with Crippen LogP contribution in [0.5, 0.6) is 5.88 Å². The third-order valence-corrected chi connectivity index (χ3v) is 5.28. The van der Waals surface area contributed by atoms with Crippen molar-refractivity contribution in [1.29, 1.82) is 0 Å². The molecule has 0 saturated heterocycles. The normalized spacial score (nSPS) is 11.0. The fraction of sp³-hybridized carbons (Fsp3) is 0.174. The van der Waals surface area contributed by atoms with Gasteiger partial charge in [-0.05, 0) is 25.1 Å². The number of halogens is 2. The molecule has 32 heavy (non-hydrogen) atoms. The zero-order valence-corrected chi connectivity index (χ0v) is 18.6. The first-order valence-electron chi connectivity index (χ1n) is 9.88. The van der Waals surface area contributed by atoms with Gasteiger partial charge in [0, 0.05) is 32.9 Å². The maximum atomic E-state index is 12.7. The molecule has 0 saturated carbocycles. The number of rotatable bonds is 7. The van der Waals surface area contributed by atoms with Crippen LogP contribution in [0, 0.1) is 0 Å². The molecule has 0 spiro atoms. The summed E-state index contributed by atoms with van der Waals surface area (Å²) in [6.45, 7) is 1.61. The van der Waals surface area contributed by atoms with Gasteiger partial charge in [-0.15, -0.1) is 5.10 Å². The van der Waals surface area contributed by atoms with Crippen LogP contribution in [0.4, 0.5) is 0 Å². The Morgan fingerprint density at radius 2 is 1.84 bits per heavy atom. The number of aromatic nitrogens is 3. The van der Waals surface area contributed by atoms with Gasteiger partial charge in [0.1, 0.15) is 6.61 Å². The summed E-state index contributed by atoms with van der Waals surface area (Å²) in [5, 5.41) is 14.8. The van der Waals surface area contributed by atoms with E-state index in [0.717, 1.165) is 11.1 Å². The Morgan fingerprint density at radius 3 is 2.53 bits per heavy atom. The molecule has 7 nitrogen and oxygen atoms in total. The summed E-state index contributed by atoms with van der Waals surface area (Å²) in [6, 6.07) is 14.6. The highest BCUT2D eigenvalue weighted by Gasteiger charge is 2.27. The highest BCUT2D eigenvalue weighted by atomic mass is 35.5. The van der Waals surface area contributed by atoms with Gasteiger partial charge >= 0.3 is 5.97 Å². The lowest BCUT2D eigenvalue weighted by Crippen LogP contribution is -2.09. The second-order valence-electron chi connectivity index (χ2n) is 6.72. The van der Waals surface area contributed by atoms with Crippen LogP contribution in [0.3, 0.4) is 0 Å². The molecule has 0 bridgehead atoms. The van der Waals surface area contributed by atoms with Crippen molar-refractivity contribution in [2.75, 3.05) is 19.8 Å². The van der Waals surface area contributed by atoms with Crippen LogP contribution in [0.25, 0.3) is 28.0 Å². The first-order valence-corrected chi connectivity index (χ1v) is 10.6. The number of benzene rings is 2. The number of ether oxygens (including phenoxy) is 2. The highest BCUT2D eigenvalue weighted by Crippen LogP contribution is 2.37. The van der Waals surface area contributed by atoms with Crippen molar-refractivity contribution in [2.45, 2.75) is 6.92 Å². The van der Waals surface area contributed by atoms with Gasteiger partial charge in [-0.25, -0.2) is 14.3 Å². The van der Waals surface area contributed by atoms with E-state index in [1.54, 1.807) is 31.3 Å². The van der Waals surface area contributed by atoms with Gasteiger partial charge in [0.2, 0.25) is 0 Å².